The van der Waals surface area contributed by atoms with E-state index in [-0.39, 0.29) is 23.8 Å². The van der Waals surface area contributed by atoms with E-state index in [1.807, 2.05) is 39.9 Å². The van der Waals surface area contributed by atoms with Gasteiger partial charge in [0.2, 0.25) is 11.8 Å². The van der Waals surface area contributed by atoms with Crippen molar-refractivity contribution >= 4 is 11.8 Å². The highest BCUT2D eigenvalue weighted by Gasteiger charge is 2.41. The highest BCUT2D eigenvalue weighted by atomic mass is 16.5. The molecule has 26 heavy (non-hydrogen) atoms. The first kappa shape index (κ1) is 18.8. The van der Waals surface area contributed by atoms with Crippen LogP contribution in [0.15, 0.2) is 24.4 Å². The topological polar surface area (TPSA) is 66.0 Å². The number of carbonyl (C=O) groups is 2. The third-order valence-corrected chi connectivity index (χ3v) is 5.25. The van der Waals surface area contributed by atoms with Gasteiger partial charge in [-0.2, -0.15) is 0 Å². The number of aromatic nitrogens is 1. The van der Waals surface area contributed by atoms with Gasteiger partial charge in [0.15, 0.2) is 0 Å². The van der Waals surface area contributed by atoms with Crippen LogP contribution in [0.3, 0.4) is 0 Å². The minimum absolute atomic E-state index is 0.0735. The summed E-state index contributed by atoms with van der Waals surface area (Å²) in [5, 5.41) is 0. The number of ether oxygens (including phenoxy) is 1. The van der Waals surface area contributed by atoms with Crippen molar-refractivity contribution in [1.29, 1.82) is 0 Å². The van der Waals surface area contributed by atoms with Crippen molar-refractivity contribution in [3.05, 3.63) is 30.1 Å². The van der Waals surface area contributed by atoms with Crippen LogP contribution in [0.4, 0.5) is 0 Å². The third-order valence-electron chi connectivity index (χ3n) is 5.25. The lowest BCUT2D eigenvalue weighted by Gasteiger charge is -2.35. The Bertz CT molecular complexity index is 624. The summed E-state index contributed by atoms with van der Waals surface area (Å²) in [5.74, 6) is 0.188. The zero-order valence-corrected chi connectivity index (χ0v) is 15.6. The van der Waals surface area contributed by atoms with Gasteiger partial charge in [0.25, 0.3) is 0 Å². The lowest BCUT2D eigenvalue weighted by Crippen LogP contribution is -2.49. The number of likely N-dealkylation sites (N-methyl/N-ethyl adjacent to an activating group) is 1. The molecule has 0 aliphatic carbocycles. The summed E-state index contributed by atoms with van der Waals surface area (Å²) in [4.78, 5) is 35.5. The Morgan fingerprint density at radius 3 is 2.92 bits per heavy atom. The van der Waals surface area contributed by atoms with Gasteiger partial charge in [-0.25, -0.2) is 0 Å². The summed E-state index contributed by atoms with van der Waals surface area (Å²) in [6.45, 7) is 3.28. The molecule has 7 nitrogen and oxygen atoms in total. The molecule has 0 aromatic carbocycles. The molecule has 0 spiro atoms. The van der Waals surface area contributed by atoms with E-state index in [1.165, 1.54) is 0 Å². The Labute approximate surface area is 154 Å². The van der Waals surface area contributed by atoms with Crippen molar-refractivity contribution < 1.29 is 14.3 Å². The number of piperidine rings is 1. The van der Waals surface area contributed by atoms with Crippen LogP contribution in [-0.2, 0) is 20.9 Å². The standard InChI is InChI=1S/C19H28N4O3/c1-21(12-16-5-3-4-8-20-16)14-18(24)22-11-15-6-7-17(13-22)23(19(15)25)9-10-26-2/h3-5,8,15,17H,6-7,9-14H2,1-2H3/t15-,17+/m0/s1. The average Bonchev–Trinajstić information content (AvgIpc) is 2.92. The second-order valence-electron chi connectivity index (χ2n) is 7.24. The number of amides is 2. The number of fused-ring (bicyclic) bond motifs is 4. The van der Waals surface area contributed by atoms with Crippen molar-refractivity contribution in [3.8, 4) is 0 Å². The zero-order valence-electron chi connectivity index (χ0n) is 15.6. The first-order chi connectivity index (χ1) is 12.6. The first-order valence-electron chi connectivity index (χ1n) is 9.24. The summed E-state index contributed by atoms with van der Waals surface area (Å²) >= 11 is 0. The summed E-state index contributed by atoms with van der Waals surface area (Å²) < 4.78 is 5.14. The van der Waals surface area contributed by atoms with Crippen molar-refractivity contribution in [1.82, 2.24) is 19.7 Å². The highest BCUT2D eigenvalue weighted by Crippen LogP contribution is 2.29. The maximum absolute atomic E-state index is 12.8. The molecule has 2 amide bonds. The van der Waals surface area contributed by atoms with Crippen LogP contribution in [-0.4, -0.2) is 84.5 Å². The van der Waals surface area contributed by atoms with Gasteiger partial charge in [0, 0.05) is 45.5 Å². The molecule has 0 unspecified atom stereocenters. The van der Waals surface area contributed by atoms with Gasteiger partial charge in [0.1, 0.15) is 0 Å². The van der Waals surface area contributed by atoms with Crippen LogP contribution in [0, 0.1) is 5.92 Å². The monoisotopic (exact) mass is 360 g/mol. The Kier molecular flexibility index (Phi) is 6.21. The van der Waals surface area contributed by atoms with Crippen LogP contribution in [0.5, 0.6) is 0 Å². The van der Waals surface area contributed by atoms with E-state index in [9.17, 15) is 9.59 Å². The molecule has 142 valence electrons. The predicted octanol–water partition coefficient (Wildman–Crippen LogP) is 0.609. The average molecular weight is 360 g/mol. The summed E-state index contributed by atoms with van der Waals surface area (Å²) in [6.07, 6.45) is 3.60. The van der Waals surface area contributed by atoms with Crippen molar-refractivity contribution in [3.63, 3.8) is 0 Å². The van der Waals surface area contributed by atoms with E-state index in [2.05, 4.69) is 4.98 Å². The van der Waals surface area contributed by atoms with Crippen LogP contribution in [0.25, 0.3) is 0 Å². The van der Waals surface area contributed by atoms with Gasteiger partial charge in [-0.3, -0.25) is 19.5 Å². The normalized spacial score (nSPS) is 22.8. The fourth-order valence-electron chi connectivity index (χ4n) is 3.88. The van der Waals surface area contributed by atoms with Crippen molar-refractivity contribution in [2.45, 2.75) is 25.4 Å². The minimum atomic E-state index is -0.0735. The third kappa shape index (κ3) is 4.40. The maximum Gasteiger partial charge on any atom is 0.236 e. The number of pyridine rings is 1. The Hall–Kier alpha value is -1.99. The number of methoxy groups -OCH3 is 1. The van der Waals surface area contributed by atoms with Gasteiger partial charge < -0.3 is 14.5 Å². The predicted molar refractivity (Wildman–Crippen MR) is 97.3 cm³/mol. The number of hydrogen-bond donors (Lipinski definition) is 0. The maximum atomic E-state index is 12.8. The van der Waals surface area contributed by atoms with Crippen molar-refractivity contribution in [2.75, 3.05) is 46.9 Å². The van der Waals surface area contributed by atoms with Gasteiger partial charge >= 0.3 is 0 Å². The van der Waals surface area contributed by atoms with E-state index >= 15 is 0 Å². The van der Waals surface area contributed by atoms with Gasteiger partial charge in [-0.15, -0.1) is 0 Å². The number of nitrogens with zero attached hydrogens (tertiary/aromatic N) is 4. The Morgan fingerprint density at radius 1 is 1.35 bits per heavy atom. The first-order valence-corrected chi connectivity index (χ1v) is 9.24. The molecule has 1 aromatic rings. The van der Waals surface area contributed by atoms with Gasteiger partial charge in [-0.1, -0.05) is 6.07 Å². The molecule has 1 aromatic heterocycles. The zero-order chi connectivity index (χ0) is 18.5. The number of rotatable bonds is 7. The highest BCUT2D eigenvalue weighted by molar-refractivity contribution is 5.83. The largest absolute Gasteiger partial charge is 0.383 e. The molecule has 0 saturated carbocycles. The lowest BCUT2D eigenvalue weighted by molar-refractivity contribution is -0.140. The number of carbonyl (C=O) groups excluding carboxylic acids is 2. The molecular formula is C19H28N4O3. The fraction of sp³-hybridized carbons (Fsp3) is 0.632. The summed E-state index contributed by atoms with van der Waals surface area (Å²) in [7, 11) is 3.57. The van der Waals surface area contributed by atoms with Crippen LogP contribution in [0.1, 0.15) is 18.5 Å². The van der Waals surface area contributed by atoms with E-state index in [0.717, 1.165) is 18.5 Å². The summed E-state index contributed by atoms with van der Waals surface area (Å²) in [5.41, 5.74) is 0.944. The van der Waals surface area contributed by atoms with E-state index in [4.69, 9.17) is 4.74 Å². The molecule has 3 fully saturated rings. The second-order valence-corrected chi connectivity index (χ2v) is 7.24. The molecule has 3 saturated heterocycles. The molecule has 0 radical (unpaired) electrons. The Balaban J connectivity index is 1.59. The lowest BCUT2D eigenvalue weighted by atomic mass is 9.94. The van der Waals surface area contributed by atoms with E-state index < -0.39 is 0 Å². The van der Waals surface area contributed by atoms with Gasteiger partial charge in [0.05, 0.1) is 24.8 Å². The molecule has 3 aliphatic heterocycles. The van der Waals surface area contributed by atoms with E-state index in [0.29, 0.717) is 39.3 Å². The molecular weight excluding hydrogens is 332 g/mol. The molecule has 3 aliphatic rings. The van der Waals surface area contributed by atoms with Crippen LogP contribution < -0.4 is 0 Å². The molecule has 4 heterocycles. The molecule has 7 heteroatoms. The quantitative estimate of drug-likeness (QED) is 0.713. The minimum Gasteiger partial charge on any atom is -0.383 e. The summed E-state index contributed by atoms with van der Waals surface area (Å²) in [6, 6.07) is 5.90. The van der Waals surface area contributed by atoms with E-state index in [1.54, 1.807) is 13.3 Å². The number of hydrogen-bond acceptors (Lipinski definition) is 5. The van der Waals surface area contributed by atoms with Crippen LogP contribution in [0.2, 0.25) is 0 Å². The molecule has 4 rings (SSSR count). The molecule has 2 bridgehead atoms. The Morgan fingerprint density at radius 2 is 2.19 bits per heavy atom. The van der Waals surface area contributed by atoms with Crippen LogP contribution >= 0.6 is 0 Å². The second kappa shape index (κ2) is 8.60. The smallest absolute Gasteiger partial charge is 0.236 e. The molecule has 2 atom stereocenters. The molecule has 0 N–H and O–H groups in total. The fourth-order valence-corrected chi connectivity index (χ4v) is 3.88. The van der Waals surface area contributed by atoms with Crippen molar-refractivity contribution in [2.24, 2.45) is 5.92 Å². The van der Waals surface area contributed by atoms with Gasteiger partial charge in [-0.05, 0) is 32.0 Å². The SMILES string of the molecule is COCCN1C(=O)[C@H]2CC[C@@H]1CN(C(=O)CN(C)Cc1ccccn1)C2.